The lowest BCUT2D eigenvalue weighted by molar-refractivity contribution is 0.0389. The van der Waals surface area contributed by atoms with Crippen molar-refractivity contribution in [3.63, 3.8) is 0 Å². The van der Waals surface area contributed by atoms with Crippen LogP contribution in [0.25, 0.3) is 0 Å². The number of halogens is 1. The van der Waals surface area contributed by atoms with Gasteiger partial charge in [0.25, 0.3) is 0 Å². The van der Waals surface area contributed by atoms with E-state index in [4.69, 9.17) is 21.6 Å². The minimum atomic E-state index is -0.896. The summed E-state index contributed by atoms with van der Waals surface area (Å²) in [4.78, 5) is 0. The minimum absolute atomic E-state index is 0.180. The van der Waals surface area contributed by atoms with Gasteiger partial charge in [0.1, 0.15) is 11.7 Å². The van der Waals surface area contributed by atoms with Gasteiger partial charge in [-0.2, -0.15) is 5.26 Å². The molecule has 2 rings (SSSR count). The number of hydrogen-bond donors (Lipinski definition) is 2. The summed E-state index contributed by atoms with van der Waals surface area (Å²) in [7, 11) is 0. The minimum Gasteiger partial charge on any atom is -0.386 e. The number of nitrogens with zero attached hydrogens (tertiary/aromatic N) is 1. The highest BCUT2D eigenvalue weighted by molar-refractivity contribution is 6.32. The second kappa shape index (κ2) is 4.77. The molecule has 0 spiro atoms. The lowest BCUT2D eigenvalue weighted by Gasteiger charge is -2.26. The highest BCUT2D eigenvalue weighted by atomic mass is 35.5. The topological polar surface area (TPSA) is 65.3 Å². The molecule has 2 N–H and O–H groups in total. The molecule has 0 bridgehead atoms. The number of rotatable bonds is 2. The van der Waals surface area contributed by atoms with Crippen LogP contribution >= 0.6 is 11.6 Å². The molecule has 0 amide bonds. The van der Waals surface area contributed by atoms with E-state index in [-0.39, 0.29) is 6.04 Å². The van der Waals surface area contributed by atoms with Crippen LogP contribution < -0.4 is 5.32 Å². The first kappa shape index (κ1) is 13.2. The Hall–Kier alpha value is -1.28. The summed E-state index contributed by atoms with van der Waals surface area (Å²) >= 11 is 6.10. The van der Waals surface area contributed by atoms with Gasteiger partial charge < -0.3 is 15.2 Å². The summed E-state index contributed by atoms with van der Waals surface area (Å²) in [6.45, 7) is 4.34. The molecule has 0 radical (unpaired) electrons. The molecule has 0 aliphatic carbocycles. The Morgan fingerprint density at radius 1 is 1.61 bits per heavy atom. The molecular formula is C13H15ClN2O2. The third-order valence-corrected chi connectivity index (χ3v) is 3.75. The zero-order valence-corrected chi connectivity index (χ0v) is 11.1. The first-order valence-corrected chi connectivity index (χ1v) is 6.09. The van der Waals surface area contributed by atoms with Crippen molar-refractivity contribution in [1.29, 1.82) is 5.26 Å². The molecule has 18 heavy (non-hydrogen) atoms. The van der Waals surface area contributed by atoms with Crippen LogP contribution in [-0.4, -0.2) is 30.0 Å². The second-order valence-electron chi connectivity index (χ2n) is 4.78. The van der Waals surface area contributed by atoms with Crippen molar-refractivity contribution < 1.29 is 9.84 Å². The average molecular weight is 267 g/mol. The predicted molar refractivity (Wildman–Crippen MR) is 69.8 cm³/mol. The predicted octanol–water partition coefficient (Wildman–Crippen LogP) is 2.08. The van der Waals surface area contributed by atoms with Crippen molar-refractivity contribution in [1.82, 2.24) is 0 Å². The molecule has 2 atom stereocenters. The summed E-state index contributed by atoms with van der Waals surface area (Å²) in [5, 5.41) is 22.7. The SMILES string of the molecule is Cc1c(N[C@H]2COC[C@@]2(C)O)ccc(C#N)c1Cl. The highest BCUT2D eigenvalue weighted by Gasteiger charge is 2.38. The summed E-state index contributed by atoms with van der Waals surface area (Å²) in [6, 6.07) is 5.33. The normalized spacial score (nSPS) is 26.9. The maximum absolute atomic E-state index is 10.1. The van der Waals surface area contributed by atoms with Crippen LogP contribution in [0.1, 0.15) is 18.1 Å². The Morgan fingerprint density at radius 2 is 2.33 bits per heavy atom. The van der Waals surface area contributed by atoms with E-state index < -0.39 is 5.60 Å². The summed E-state index contributed by atoms with van der Waals surface area (Å²) in [6.07, 6.45) is 0. The lowest BCUT2D eigenvalue weighted by Crippen LogP contribution is -2.43. The van der Waals surface area contributed by atoms with Crippen LogP contribution in [0.4, 0.5) is 5.69 Å². The molecular weight excluding hydrogens is 252 g/mol. The third-order valence-electron chi connectivity index (χ3n) is 3.27. The molecule has 1 fully saturated rings. The van der Waals surface area contributed by atoms with Crippen molar-refractivity contribution in [2.24, 2.45) is 0 Å². The lowest BCUT2D eigenvalue weighted by atomic mass is 10.00. The van der Waals surface area contributed by atoms with E-state index in [1.54, 1.807) is 19.1 Å². The molecule has 0 saturated carbocycles. The van der Waals surface area contributed by atoms with Gasteiger partial charge in [0.05, 0.1) is 29.8 Å². The number of anilines is 1. The fraction of sp³-hybridized carbons (Fsp3) is 0.462. The van der Waals surface area contributed by atoms with E-state index in [1.165, 1.54) is 0 Å². The number of benzene rings is 1. The van der Waals surface area contributed by atoms with Gasteiger partial charge in [-0.3, -0.25) is 0 Å². The first-order chi connectivity index (χ1) is 8.45. The number of nitrogens with one attached hydrogen (secondary N) is 1. The molecule has 5 heteroatoms. The largest absolute Gasteiger partial charge is 0.386 e. The Bertz CT molecular complexity index is 508. The highest BCUT2D eigenvalue weighted by Crippen LogP contribution is 2.30. The fourth-order valence-electron chi connectivity index (χ4n) is 1.98. The zero-order valence-electron chi connectivity index (χ0n) is 10.3. The number of aliphatic hydroxyl groups is 1. The molecule has 1 aromatic carbocycles. The van der Waals surface area contributed by atoms with E-state index >= 15 is 0 Å². The van der Waals surface area contributed by atoms with E-state index in [0.29, 0.717) is 23.8 Å². The fourth-order valence-corrected chi connectivity index (χ4v) is 2.18. The molecule has 1 aliphatic rings. The molecule has 1 saturated heterocycles. The van der Waals surface area contributed by atoms with Gasteiger partial charge in [-0.15, -0.1) is 0 Å². The molecule has 1 aliphatic heterocycles. The molecule has 0 aromatic heterocycles. The first-order valence-electron chi connectivity index (χ1n) is 5.71. The van der Waals surface area contributed by atoms with Gasteiger partial charge in [-0.05, 0) is 31.5 Å². The van der Waals surface area contributed by atoms with Crippen LogP contribution in [0.2, 0.25) is 5.02 Å². The third kappa shape index (κ3) is 2.30. The standard InChI is InChI=1S/C13H15ClN2O2/c1-8-10(4-3-9(5-15)12(8)14)16-11-6-18-7-13(11,2)17/h3-4,11,16-17H,6-7H2,1-2H3/t11-,13+/m0/s1. The van der Waals surface area contributed by atoms with E-state index in [1.807, 2.05) is 13.0 Å². The van der Waals surface area contributed by atoms with Gasteiger partial charge in [-0.1, -0.05) is 11.6 Å². The zero-order chi connectivity index (χ0) is 13.3. The molecule has 96 valence electrons. The van der Waals surface area contributed by atoms with Gasteiger partial charge in [-0.25, -0.2) is 0 Å². The van der Waals surface area contributed by atoms with Crippen molar-refractivity contribution in [3.8, 4) is 6.07 Å². The van der Waals surface area contributed by atoms with Crippen molar-refractivity contribution in [2.45, 2.75) is 25.5 Å². The number of ether oxygens (including phenoxy) is 1. The quantitative estimate of drug-likeness (QED) is 0.860. The summed E-state index contributed by atoms with van der Waals surface area (Å²) in [5.74, 6) is 0. The van der Waals surface area contributed by atoms with Gasteiger partial charge in [0, 0.05) is 5.69 Å². The van der Waals surface area contributed by atoms with Crippen molar-refractivity contribution in [2.75, 3.05) is 18.5 Å². The monoisotopic (exact) mass is 266 g/mol. The van der Waals surface area contributed by atoms with E-state index in [9.17, 15) is 5.11 Å². The molecule has 1 aromatic rings. The van der Waals surface area contributed by atoms with Crippen LogP contribution in [0, 0.1) is 18.3 Å². The second-order valence-corrected chi connectivity index (χ2v) is 5.16. The van der Waals surface area contributed by atoms with Gasteiger partial charge in [0.2, 0.25) is 0 Å². The molecule has 4 nitrogen and oxygen atoms in total. The van der Waals surface area contributed by atoms with Crippen molar-refractivity contribution >= 4 is 17.3 Å². The van der Waals surface area contributed by atoms with E-state index in [0.717, 1.165) is 11.3 Å². The maximum atomic E-state index is 10.1. The van der Waals surface area contributed by atoms with Crippen molar-refractivity contribution in [3.05, 3.63) is 28.3 Å². The Kier molecular flexibility index (Phi) is 3.49. The van der Waals surface area contributed by atoms with Gasteiger partial charge in [0.15, 0.2) is 0 Å². The Labute approximate surface area is 111 Å². The Morgan fingerprint density at radius 3 is 2.89 bits per heavy atom. The molecule has 1 heterocycles. The Balaban J connectivity index is 2.26. The number of nitriles is 1. The van der Waals surface area contributed by atoms with Crippen LogP contribution in [0.5, 0.6) is 0 Å². The number of hydrogen-bond acceptors (Lipinski definition) is 4. The van der Waals surface area contributed by atoms with Crippen LogP contribution in [-0.2, 0) is 4.74 Å². The summed E-state index contributed by atoms with van der Waals surface area (Å²) in [5.41, 5.74) is 1.18. The van der Waals surface area contributed by atoms with Crippen LogP contribution in [0.3, 0.4) is 0 Å². The average Bonchev–Trinajstić information content (AvgIpc) is 2.65. The van der Waals surface area contributed by atoms with Gasteiger partial charge >= 0.3 is 0 Å². The molecule has 0 unspecified atom stereocenters. The summed E-state index contributed by atoms with van der Waals surface area (Å²) < 4.78 is 5.26. The van der Waals surface area contributed by atoms with E-state index in [2.05, 4.69) is 5.32 Å². The van der Waals surface area contributed by atoms with Crippen LogP contribution in [0.15, 0.2) is 12.1 Å². The smallest absolute Gasteiger partial charge is 0.107 e. The maximum Gasteiger partial charge on any atom is 0.107 e.